The van der Waals surface area contributed by atoms with Crippen molar-refractivity contribution in [3.63, 3.8) is 0 Å². The molecule has 4 heteroatoms. The van der Waals surface area contributed by atoms with Gasteiger partial charge in [0, 0.05) is 18.8 Å². The molecular formula is C16H25N3O. The Morgan fingerprint density at radius 2 is 2.20 bits per heavy atom. The van der Waals surface area contributed by atoms with Crippen LogP contribution in [0, 0.1) is 12.8 Å². The van der Waals surface area contributed by atoms with Crippen molar-refractivity contribution in [2.24, 2.45) is 5.92 Å². The highest BCUT2D eigenvalue weighted by Crippen LogP contribution is 2.16. The highest BCUT2D eigenvalue weighted by atomic mass is 16.3. The standard InChI is InChI=1S/C16H25N3O/c1-5-16-18-6-7-19(16)11-14-8-13(4)15(20-14)10-17-9-12(2)3/h6-8,12,17H,5,9-11H2,1-4H3. The second-order valence-corrected chi connectivity index (χ2v) is 5.67. The van der Waals surface area contributed by atoms with Gasteiger partial charge in [-0.3, -0.25) is 0 Å². The van der Waals surface area contributed by atoms with E-state index in [-0.39, 0.29) is 0 Å². The predicted octanol–water partition coefficient (Wildman–Crippen LogP) is 3.14. The highest BCUT2D eigenvalue weighted by molar-refractivity contribution is 5.20. The van der Waals surface area contributed by atoms with Crippen molar-refractivity contribution < 1.29 is 4.42 Å². The van der Waals surface area contributed by atoms with E-state index in [0.717, 1.165) is 43.4 Å². The first-order chi connectivity index (χ1) is 9.60. The van der Waals surface area contributed by atoms with E-state index in [1.807, 2.05) is 12.4 Å². The Morgan fingerprint density at radius 3 is 2.90 bits per heavy atom. The lowest BCUT2D eigenvalue weighted by atomic mass is 10.2. The van der Waals surface area contributed by atoms with Gasteiger partial charge in [0.05, 0.1) is 13.1 Å². The summed E-state index contributed by atoms with van der Waals surface area (Å²) in [5, 5.41) is 3.42. The molecule has 0 radical (unpaired) electrons. The van der Waals surface area contributed by atoms with Crippen molar-refractivity contribution >= 4 is 0 Å². The summed E-state index contributed by atoms with van der Waals surface area (Å²) >= 11 is 0. The van der Waals surface area contributed by atoms with Gasteiger partial charge in [-0.05, 0) is 31.0 Å². The zero-order valence-electron chi connectivity index (χ0n) is 12.9. The minimum Gasteiger partial charge on any atom is -0.463 e. The number of aryl methyl sites for hydroxylation is 2. The van der Waals surface area contributed by atoms with Gasteiger partial charge in [0.2, 0.25) is 0 Å². The van der Waals surface area contributed by atoms with Gasteiger partial charge in [-0.15, -0.1) is 0 Å². The summed E-state index contributed by atoms with van der Waals surface area (Å²) in [5.74, 6) is 3.79. The average molecular weight is 275 g/mol. The van der Waals surface area contributed by atoms with Crippen LogP contribution in [0.25, 0.3) is 0 Å². The number of rotatable bonds is 7. The minimum atomic E-state index is 0.655. The van der Waals surface area contributed by atoms with Crippen LogP contribution in [0.4, 0.5) is 0 Å². The van der Waals surface area contributed by atoms with Crippen LogP contribution in [0.3, 0.4) is 0 Å². The molecule has 2 aromatic rings. The van der Waals surface area contributed by atoms with Crippen molar-refractivity contribution in [2.45, 2.75) is 47.2 Å². The molecule has 20 heavy (non-hydrogen) atoms. The second-order valence-electron chi connectivity index (χ2n) is 5.67. The smallest absolute Gasteiger partial charge is 0.124 e. The molecule has 0 atom stereocenters. The molecule has 4 nitrogen and oxygen atoms in total. The van der Waals surface area contributed by atoms with Gasteiger partial charge in [-0.25, -0.2) is 4.98 Å². The Bertz CT molecular complexity index is 540. The van der Waals surface area contributed by atoms with Gasteiger partial charge in [-0.2, -0.15) is 0 Å². The molecule has 0 amide bonds. The third-order valence-electron chi connectivity index (χ3n) is 3.35. The number of hydrogen-bond acceptors (Lipinski definition) is 3. The van der Waals surface area contributed by atoms with Crippen molar-refractivity contribution in [1.29, 1.82) is 0 Å². The molecule has 0 aliphatic heterocycles. The lowest BCUT2D eigenvalue weighted by molar-refractivity contribution is 0.425. The molecule has 0 aliphatic carbocycles. The predicted molar refractivity (Wildman–Crippen MR) is 80.7 cm³/mol. The third kappa shape index (κ3) is 3.73. The minimum absolute atomic E-state index is 0.655. The topological polar surface area (TPSA) is 43.0 Å². The zero-order valence-corrected chi connectivity index (χ0v) is 12.9. The van der Waals surface area contributed by atoms with Gasteiger partial charge in [0.1, 0.15) is 17.3 Å². The van der Waals surface area contributed by atoms with E-state index in [2.05, 4.69) is 48.6 Å². The summed E-state index contributed by atoms with van der Waals surface area (Å²) in [7, 11) is 0. The van der Waals surface area contributed by atoms with E-state index >= 15 is 0 Å². The van der Waals surface area contributed by atoms with Crippen molar-refractivity contribution in [3.8, 4) is 0 Å². The maximum absolute atomic E-state index is 5.96. The highest BCUT2D eigenvalue weighted by Gasteiger charge is 2.09. The molecule has 2 aromatic heterocycles. The molecule has 0 saturated carbocycles. The molecule has 0 saturated heterocycles. The normalized spacial score (nSPS) is 11.4. The fraction of sp³-hybridized carbons (Fsp3) is 0.562. The lowest BCUT2D eigenvalue weighted by Gasteiger charge is -2.06. The second kappa shape index (κ2) is 6.75. The maximum Gasteiger partial charge on any atom is 0.124 e. The molecule has 0 fully saturated rings. The monoisotopic (exact) mass is 275 g/mol. The lowest BCUT2D eigenvalue weighted by Crippen LogP contribution is -2.19. The van der Waals surface area contributed by atoms with Crippen LogP contribution >= 0.6 is 0 Å². The number of hydrogen-bond donors (Lipinski definition) is 1. The SMILES string of the molecule is CCc1nccn1Cc1cc(C)c(CNCC(C)C)o1. The molecule has 1 N–H and O–H groups in total. The van der Waals surface area contributed by atoms with E-state index in [0.29, 0.717) is 5.92 Å². The Kier molecular flexibility index (Phi) is 5.01. The van der Waals surface area contributed by atoms with E-state index in [1.54, 1.807) is 0 Å². The van der Waals surface area contributed by atoms with Crippen LogP contribution in [0.1, 0.15) is 43.7 Å². The van der Waals surface area contributed by atoms with Crippen LogP contribution in [-0.4, -0.2) is 16.1 Å². The van der Waals surface area contributed by atoms with Gasteiger partial charge < -0.3 is 14.3 Å². The van der Waals surface area contributed by atoms with Gasteiger partial charge >= 0.3 is 0 Å². The van der Waals surface area contributed by atoms with Gasteiger partial charge in [0.25, 0.3) is 0 Å². The quantitative estimate of drug-likeness (QED) is 0.844. The van der Waals surface area contributed by atoms with E-state index in [4.69, 9.17) is 4.42 Å². The van der Waals surface area contributed by atoms with Crippen LogP contribution in [0.15, 0.2) is 22.9 Å². The summed E-state index contributed by atoms with van der Waals surface area (Å²) in [6.45, 7) is 11.2. The van der Waals surface area contributed by atoms with Crippen molar-refractivity contribution in [1.82, 2.24) is 14.9 Å². The van der Waals surface area contributed by atoms with Crippen LogP contribution in [0.2, 0.25) is 0 Å². The largest absolute Gasteiger partial charge is 0.463 e. The van der Waals surface area contributed by atoms with Crippen molar-refractivity contribution in [3.05, 3.63) is 41.4 Å². The molecule has 0 spiro atoms. The summed E-state index contributed by atoms with van der Waals surface area (Å²) in [6, 6.07) is 2.13. The van der Waals surface area contributed by atoms with E-state index in [1.165, 1.54) is 5.56 Å². The molecular weight excluding hydrogens is 250 g/mol. The van der Waals surface area contributed by atoms with E-state index < -0.39 is 0 Å². The van der Waals surface area contributed by atoms with Gasteiger partial charge in [-0.1, -0.05) is 20.8 Å². The van der Waals surface area contributed by atoms with Crippen molar-refractivity contribution in [2.75, 3.05) is 6.54 Å². The molecule has 0 aliphatic rings. The van der Waals surface area contributed by atoms with Crippen LogP contribution < -0.4 is 5.32 Å². The number of imidazole rings is 1. The van der Waals surface area contributed by atoms with Crippen LogP contribution in [-0.2, 0) is 19.5 Å². The molecule has 0 unspecified atom stereocenters. The first-order valence-electron chi connectivity index (χ1n) is 7.39. The fourth-order valence-corrected chi connectivity index (χ4v) is 2.28. The maximum atomic E-state index is 5.96. The molecule has 110 valence electrons. The van der Waals surface area contributed by atoms with Gasteiger partial charge in [0.15, 0.2) is 0 Å². The average Bonchev–Trinajstić information content (AvgIpc) is 2.97. The Morgan fingerprint density at radius 1 is 1.40 bits per heavy atom. The number of nitrogens with zero attached hydrogens (tertiary/aromatic N) is 2. The van der Waals surface area contributed by atoms with Crippen LogP contribution in [0.5, 0.6) is 0 Å². The fourth-order valence-electron chi connectivity index (χ4n) is 2.28. The molecule has 0 aromatic carbocycles. The van der Waals surface area contributed by atoms with E-state index in [9.17, 15) is 0 Å². The first kappa shape index (κ1) is 14.9. The Labute approximate surface area is 121 Å². The third-order valence-corrected chi connectivity index (χ3v) is 3.35. The summed E-state index contributed by atoms with van der Waals surface area (Å²) in [6.07, 6.45) is 4.79. The Balaban J connectivity index is 2.00. The number of furan rings is 1. The summed E-state index contributed by atoms with van der Waals surface area (Å²) in [4.78, 5) is 4.34. The summed E-state index contributed by atoms with van der Waals surface area (Å²) < 4.78 is 8.10. The molecule has 2 heterocycles. The zero-order chi connectivity index (χ0) is 14.5. The summed E-state index contributed by atoms with van der Waals surface area (Å²) in [5.41, 5.74) is 1.22. The number of nitrogens with one attached hydrogen (secondary N) is 1. The Hall–Kier alpha value is -1.55. The number of aromatic nitrogens is 2. The first-order valence-corrected chi connectivity index (χ1v) is 7.39. The molecule has 2 rings (SSSR count). The molecule has 0 bridgehead atoms.